The van der Waals surface area contributed by atoms with E-state index in [1.807, 2.05) is 0 Å². The van der Waals surface area contributed by atoms with Crippen molar-refractivity contribution in [1.29, 1.82) is 0 Å². The van der Waals surface area contributed by atoms with E-state index in [0.717, 1.165) is 19.4 Å². The lowest BCUT2D eigenvalue weighted by Crippen LogP contribution is -2.28. The monoisotopic (exact) mass is 267 g/mol. The fourth-order valence-electron chi connectivity index (χ4n) is 2.96. The summed E-state index contributed by atoms with van der Waals surface area (Å²) in [5.74, 6) is 0. The average Bonchev–Trinajstić information content (AvgIpc) is 2.89. The molecule has 0 amide bonds. The van der Waals surface area contributed by atoms with Gasteiger partial charge >= 0.3 is 0 Å². The lowest BCUT2D eigenvalue weighted by molar-refractivity contribution is 0.185. The number of ether oxygens (including phenoxy) is 1. The predicted molar refractivity (Wildman–Crippen MR) is 81.6 cm³/mol. The van der Waals surface area contributed by atoms with E-state index in [1.54, 1.807) is 7.11 Å². The zero-order chi connectivity index (χ0) is 13.8. The van der Waals surface area contributed by atoms with E-state index in [-0.39, 0.29) is 0 Å². The van der Waals surface area contributed by atoms with Crippen LogP contribution in [0.2, 0.25) is 0 Å². The summed E-state index contributed by atoms with van der Waals surface area (Å²) in [5, 5.41) is 3.67. The van der Waals surface area contributed by atoms with Crippen LogP contribution < -0.4 is 5.32 Å². The molecule has 1 aliphatic rings. The maximum atomic E-state index is 5.18. The van der Waals surface area contributed by atoms with Crippen LogP contribution >= 0.6 is 0 Å². The van der Waals surface area contributed by atoms with Crippen molar-refractivity contribution in [2.75, 3.05) is 7.11 Å². The molecule has 1 N–H and O–H groups in total. The first-order valence-electron chi connectivity index (χ1n) is 7.22. The SMILES string of the molecule is COCc1cccc(CNC2Cc3ccccc3C2)c1. The first-order chi connectivity index (χ1) is 9.85. The Kier molecular flexibility index (Phi) is 4.14. The van der Waals surface area contributed by atoms with Crippen LogP contribution in [0.4, 0.5) is 0 Å². The topological polar surface area (TPSA) is 21.3 Å². The number of benzene rings is 2. The summed E-state index contributed by atoms with van der Waals surface area (Å²) in [5.41, 5.74) is 5.56. The Bertz CT molecular complexity index is 554. The third kappa shape index (κ3) is 3.09. The highest BCUT2D eigenvalue weighted by atomic mass is 16.5. The first-order valence-corrected chi connectivity index (χ1v) is 7.22. The molecule has 0 aromatic heterocycles. The molecule has 0 bridgehead atoms. The van der Waals surface area contributed by atoms with Gasteiger partial charge in [0.05, 0.1) is 6.61 Å². The maximum absolute atomic E-state index is 5.18. The molecule has 104 valence electrons. The highest BCUT2D eigenvalue weighted by molar-refractivity contribution is 5.33. The predicted octanol–water partition coefficient (Wildman–Crippen LogP) is 3.09. The standard InChI is InChI=1S/C18H21NO/c1-20-13-15-6-4-5-14(9-15)12-19-18-10-16-7-2-3-8-17(16)11-18/h2-9,18-19H,10-13H2,1H3. The van der Waals surface area contributed by atoms with Crippen LogP contribution in [0, 0.1) is 0 Å². The molecule has 3 rings (SSSR count). The molecular formula is C18H21NO. The molecule has 0 atom stereocenters. The van der Waals surface area contributed by atoms with E-state index in [4.69, 9.17) is 4.74 Å². The Labute approximate surface area is 120 Å². The largest absolute Gasteiger partial charge is 0.380 e. The van der Waals surface area contributed by atoms with Crippen molar-refractivity contribution in [2.45, 2.75) is 32.0 Å². The first kappa shape index (κ1) is 13.3. The fraction of sp³-hybridized carbons (Fsp3) is 0.333. The van der Waals surface area contributed by atoms with Crippen molar-refractivity contribution in [3.63, 3.8) is 0 Å². The van der Waals surface area contributed by atoms with Crippen LogP contribution in [0.3, 0.4) is 0 Å². The van der Waals surface area contributed by atoms with Gasteiger partial charge in [-0.1, -0.05) is 48.5 Å². The zero-order valence-corrected chi connectivity index (χ0v) is 11.9. The van der Waals surface area contributed by atoms with E-state index < -0.39 is 0 Å². The van der Waals surface area contributed by atoms with Crippen LogP contribution in [-0.4, -0.2) is 13.2 Å². The molecule has 0 saturated heterocycles. The highest BCUT2D eigenvalue weighted by Crippen LogP contribution is 2.21. The molecule has 1 aliphatic carbocycles. The molecular weight excluding hydrogens is 246 g/mol. The summed E-state index contributed by atoms with van der Waals surface area (Å²) >= 11 is 0. The lowest BCUT2D eigenvalue weighted by atomic mass is 10.1. The van der Waals surface area contributed by atoms with E-state index >= 15 is 0 Å². The van der Waals surface area contributed by atoms with Gasteiger partial charge in [0, 0.05) is 19.7 Å². The van der Waals surface area contributed by atoms with Crippen LogP contribution in [0.15, 0.2) is 48.5 Å². The molecule has 0 heterocycles. The number of methoxy groups -OCH3 is 1. The van der Waals surface area contributed by atoms with E-state index in [1.165, 1.54) is 22.3 Å². The highest BCUT2D eigenvalue weighted by Gasteiger charge is 2.19. The van der Waals surface area contributed by atoms with E-state index in [0.29, 0.717) is 12.6 Å². The second-order valence-corrected chi connectivity index (χ2v) is 5.51. The smallest absolute Gasteiger partial charge is 0.0713 e. The number of fused-ring (bicyclic) bond motifs is 1. The summed E-state index contributed by atoms with van der Waals surface area (Å²) in [6.45, 7) is 1.61. The molecule has 0 radical (unpaired) electrons. The summed E-state index contributed by atoms with van der Waals surface area (Å²) < 4.78 is 5.18. The van der Waals surface area contributed by atoms with Crippen LogP contribution in [-0.2, 0) is 30.7 Å². The summed E-state index contributed by atoms with van der Waals surface area (Å²) in [6, 6.07) is 17.9. The quantitative estimate of drug-likeness (QED) is 0.899. The molecule has 2 aromatic carbocycles. The minimum Gasteiger partial charge on any atom is -0.380 e. The van der Waals surface area contributed by atoms with Crippen LogP contribution in [0.1, 0.15) is 22.3 Å². The molecule has 0 unspecified atom stereocenters. The maximum Gasteiger partial charge on any atom is 0.0713 e. The third-order valence-electron chi connectivity index (χ3n) is 3.95. The van der Waals surface area contributed by atoms with Crippen LogP contribution in [0.5, 0.6) is 0 Å². The molecule has 0 saturated carbocycles. The fourth-order valence-corrected chi connectivity index (χ4v) is 2.96. The Morgan fingerprint density at radius 3 is 2.40 bits per heavy atom. The molecule has 2 aromatic rings. The van der Waals surface area contributed by atoms with Gasteiger partial charge in [-0.25, -0.2) is 0 Å². The zero-order valence-electron chi connectivity index (χ0n) is 11.9. The third-order valence-corrected chi connectivity index (χ3v) is 3.95. The van der Waals surface area contributed by atoms with Crippen molar-refractivity contribution < 1.29 is 4.74 Å². The van der Waals surface area contributed by atoms with Gasteiger partial charge in [0.25, 0.3) is 0 Å². The van der Waals surface area contributed by atoms with Crippen molar-refractivity contribution in [3.8, 4) is 0 Å². The average molecular weight is 267 g/mol. The minimum absolute atomic E-state index is 0.568. The van der Waals surface area contributed by atoms with Crippen molar-refractivity contribution in [1.82, 2.24) is 5.32 Å². The summed E-state index contributed by atoms with van der Waals surface area (Å²) in [6.07, 6.45) is 2.29. The molecule has 0 aliphatic heterocycles. The second-order valence-electron chi connectivity index (χ2n) is 5.51. The van der Waals surface area contributed by atoms with Gasteiger partial charge in [-0.15, -0.1) is 0 Å². The van der Waals surface area contributed by atoms with Gasteiger partial charge in [0.15, 0.2) is 0 Å². The Hall–Kier alpha value is -1.64. The molecule has 2 heteroatoms. The number of rotatable bonds is 5. The Morgan fingerprint density at radius 1 is 1.00 bits per heavy atom. The van der Waals surface area contributed by atoms with Crippen molar-refractivity contribution in [2.24, 2.45) is 0 Å². The lowest BCUT2D eigenvalue weighted by Gasteiger charge is -2.12. The molecule has 0 spiro atoms. The minimum atomic E-state index is 0.568. The molecule has 0 fully saturated rings. The van der Waals surface area contributed by atoms with Gasteiger partial charge in [-0.3, -0.25) is 0 Å². The number of hydrogen-bond acceptors (Lipinski definition) is 2. The van der Waals surface area contributed by atoms with Crippen molar-refractivity contribution in [3.05, 3.63) is 70.8 Å². The van der Waals surface area contributed by atoms with Gasteiger partial charge in [0.1, 0.15) is 0 Å². The normalized spacial score (nSPS) is 14.4. The van der Waals surface area contributed by atoms with Gasteiger partial charge in [-0.2, -0.15) is 0 Å². The van der Waals surface area contributed by atoms with Crippen LogP contribution in [0.25, 0.3) is 0 Å². The van der Waals surface area contributed by atoms with Gasteiger partial charge in [-0.05, 0) is 35.1 Å². The number of nitrogens with one attached hydrogen (secondary N) is 1. The summed E-state index contributed by atoms with van der Waals surface area (Å²) in [4.78, 5) is 0. The van der Waals surface area contributed by atoms with Gasteiger partial charge < -0.3 is 10.1 Å². The van der Waals surface area contributed by atoms with Crippen molar-refractivity contribution >= 4 is 0 Å². The second kappa shape index (κ2) is 6.21. The van der Waals surface area contributed by atoms with E-state index in [2.05, 4.69) is 53.8 Å². The Balaban J connectivity index is 1.57. The Morgan fingerprint density at radius 2 is 1.70 bits per heavy atom. The van der Waals surface area contributed by atoms with E-state index in [9.17, 15) is 0 Å². The number of hydrogen-bond donors (Lipinski definition) is 1. The molecule has 20 heavy (non-hydrogen) atoms. The van der Waals surface area contributed by atoms with Gasteiger partial charge in [0.2, 0.25) is 0 Å². The summed E-state index contributed by atoms with van der Waals surface area (Å²) in [7, 11) is 1.74. The molecule has 2 nitrogen and oxygen atoms in total.